The average Bonchev–Trinajstić information content (AvgIpc) is 2.48. The van der Waals surface area contributed by atoms with Gasteiger partial charge < -0.3 is 10.1 Å². The van der Waals surface area contributed by atoms with Crippen molar-refractivity contribution in [2.75, 3.05) is 5.32 Å². The molecule has 0 aliphatic rings. The molecule has 0 aliphatic heterocycles. The summed E-state index contributed by atoms with van der Waals surface area (Å²) < 4.78 is 5.78. The van der Waals surface area contributed by atoms with E-state index >= 15 is 0 Å². The van der Waals surface area contributed by atoms with Gasteiger partial charge in [0.25, 0.3) is 0 Å². The molecule has 0 aromatic carbocycles. The highest BCUT2D eigenvalue weighted by Gasteiger charge is 2.23. The van der Waals surface area contributed by atoms with Crippen molar-refractivity contribution >= 4 is 44.1 Å². The Hall–Kier alpha value is -0.880. The van der Waals surface area contributed by atoms with Gasteiger partial charge in [-0.1, -0.05) is 0 Å². The van der Waals surface area contributed by atoms with Crippen LogP contribution in [-0.4, -0.2) is 17.5 Å². The Bertz CT molecular complexity index is 408. The number of halogens is 1. The molecular weight excluding hydrogens is 294 g/mol. The summed E-state index contributed by atoms with van der Waals surface area (Å²) >= 11 is 4.58. The molecule has 1 N–H and O–H groups in total. The predicted molar refractivity (Wildman–Crippen MR) is 66.5 cm³/mol. The van der Waals surface area contributed by atoms with Crippen LogP contribution < -0.4 is 5.32 Å². The summed E-state index contributed by atoms with van der Waals surface area (Å²) in [4.78, 5) is 22.7. The summed E-state index contributed by atoms with van der Waals surface area (Å²) in [7, 11) is 0. The van der Waals surface area contributed by atoms with Gasteiger partial charge in [-0.05, 0) is 42.8 Å². The van der Waals surface area contributed by atoms with Crippen LogP contribution in [0.2, 0.25) is 0 Å². The third-order valence-corrected chi connectivity index (χ3v) is 2.99. The Balaban J connectivity index is 2.56. The molecule has 0 saturated heterocycles. The van der Waals surface area contributed by atoms with Gasteiger partial charge in [0.15, 0.2) is 0 Å². The fourth-order valence-corrected chi connectivity index (χ4v) is 2.18. The SMILES string of the molecule is CC(C)(C)OC(=O)C(=O)Nc1cc(Br)cs1. The molecule has 1 amide bonds. The average molecular weight is 306 g/mol. The number of esters is 1. The first kappa shape index (κ1) is 13.2. The molecule has 0 radical (unpaired) electrons. The van der Waals surface area contributed by atoms with Crippen molar-refractivity contribution in [3.05, 3.63) is 15.9 Å². The van der Waals surface area contributed by atoms with Gasteiger partial charge in [0, 0.05) is 9.85 Å². The lowest BCUT2D eigenvalue weighted by atomic mass is 10.2. The molecular formula is C10H12BrNO3S. The monoisotopic (exact) mass is 305 g/mol. The Morgan fingerprint density at radius 2 is 2.06 bits per heavy atom. The second-order valence-electron chi connectivity index (χ2n) is 4.09. The first-order valence-corrected chi connectivity index (χ1v) is 6.23. The summed E-state index contributed by atoms with van der Waals surface area (Å²) in [6, 6.07) is 1.72. The smallest absolute Gasteiger partial charge is 0.397 e. The number of rotatable bonds is 1. The maximum Gasteiger partial charge on any atom is 0.397 e. The lowest BCUT2D eigenvalue weighted by Crippen LogP contribution is -2.32. The van der Waals surface area contributed by atoms with Crippen molar-refractivity contribution in [2.45, 2.75) is 26.4 Å². The van der Waals surface area contributed by atoms with Gasteiger partial charge in [-0.2, -0.15) is 0 Å². The number of nitrogens with one attached hydrogen (secondary N) is 1. The summed E-state index contributed by atoms with van der Waals surface area (Å²) in [6.07, 6.45) is 0. The number of anilines is 1. The van der Waals surface area contributed by atoms with Crippen LogP contribution in [0.1, 0.15) is 20.8 Å². The van der Waals surface area contributed by atoms with Crippen molar-refractivity contribution in [1.29, 1.82) is 0 Å². The first-order valence-electron chi connectivity index (χ1n) is 4.56. The molecule has 0 fully saturated rings. The van der Waals surface area contributed by atoms with E-state index < -0.39 is 17.5 Å². The molecule has 6 heteroatoms. The maximum absolute atomic E-state index is 11.4. The Labute approximate surface area is 106 Å². The number of amides is 1. The molecule has 0 saturated carbocycles. The highest BCUT2D eigenvalue weighted by atomic mass is 79.9. The van der Waals surface area contributed by atoms with Crippen molar-refractivity contribution in [2.24, 2.45) is 0 Å². The minimum absolute atomic E-state index is 0.600. The van der Waals surface area contributed by atoms with Gasteiger partial charge >= 0.3 is 11.9 Å². The van der Waals surface area contributed by atoms with Gasteiger partial charge in [0.1, 0.15) is 5.60 Å². The van der Waals surface area contributed by atoms with E-state index in [0.29, 0.717) is 5.00 Å². The third kappa shape index (κ3) is 4.32. The fraction of sp³-hybridized carbons (Fsp3) is 0.400. The minimum Gasteiger partial charge on any atom is -0.453 e. The summed E-state index contributed by atoms with van der Waals surface area (Å²) in [5.41, 5.74) is -0.662. The van der Waals surface area contributed by atoms with Crippen LogP contribution in [0.25, 0.3) is 0 Å². The zero-order valence-corrected chi connectivity index (χ0v) is 11.6. The van der Waals surface area contributed by atoms with Crippen LogP contribution in [0.5, 0.6) is 0 Å². The Morgan fingerprint density at radius 1 is 1.44 bits per heavy atom. The molecule has 88 valence electrons. The molecule has 1 aromatic heterocycles. The van der Waals surface area contributed by atoms with E-state index in [9.17, 15) is 9.59 Å². The van der Waals surface area contributed by atoms with Gasteiger partial charge in [-0.15, -0.1) is 11.3 Å². The van der Waals surface area contributed by atoms with Crippen molar-refractivity contribution in [1.82, 2.24) is 0 Å². The van der Waals surface area contributed by atoms with Gasteiger partial charge in [0.2, 0.25) is 0 Å². The number of hydrogen-bond donors (Lipinski definition) is 1. The lowest BCUT2D eigenvalue weighted by molar-refractivity contribution is -0.161. The van der Waals surface area contributed by atoms with Gasteiger partial charge in [-0.3, -0.25) is 4.79 Å². The summed E-state index contributed by atoms with van der Waals surface area (Å²) in [6.45, 7) is 5.12. The molecule has 16 heavy (non-hydrogen) atoms. The fourth-order valence-electron chi connectivity index (χ4n) is 0.866. The normalized spacial score (nSPS) is 11.0. The van der Waals surface area contributed by atoms with E-state index in [-0.39, 0.29) is 0 Å². The van der Waals surface area contributed by atoms with Crippen LogP contribution in [0.4, 0.5) is 5.00 Å². The molecule has 1 aromatic rings. The van der Waals surface area contributed by atoms with Crippen LogP contribution >= 0.6 is 27.3 Å². The predicted octanol–water partition coefficient (Wildman–Crippen LogP) is 2.79. The second-order valence-corrected chi connectivity index (χ2v) is 5.91. The molecule has 0 aliphatic carbocycles. The van der Waals surface area contributed by atoms with E-state index in [1.165, 1.54) is 11.3 Å². The summed E-state index contributed by atoms with van der Waals surface area (Å²) in [5, 5.41) is 4.87. The molecule has 4 nitrogen and oxygen atoms in total. The molecule has 0 unspecified atom stereocenters. The quantitative estimate of drug-likeness (QED) is 0.641. The molecule has 0 spiro atoms. The summed E-state index contributed by atoms with van der Waals surface area (Å²) in [5.74, 6) is -1.64. The number of thiophene rings is 1. The third-order valence-electron chi connectivity index (χ3n) is 1.39. The van der Waals surface area contributed by atoms with E-state index in [1.54, 1.807) is 26.8 Å². The van der Waals surface area contributed by atoms with E-state index in [1.807, 2.05) is 5.38 Å². The van der Waals surface area contributed by atoms with Crippen LogP contribution in [0, 0.1) is 0 Å². The van der Waals surface area contributed by atoms with Gasteiger partial charge in [0.05, 0.1) is 5.00 Å². The number of ether oxygens (including phenoxy) is 1. The molecule has 0 atom stereocenters. The zero-order chi connectivity index (χ0) is 12.3. The molecule has 1 heterocycles. The molecule has 0 bridgehead atoms. The highest BCUT2D eigenvalue weighted by molar-refractivity contribution is 9.10. The number of hydrogen-bond acceptors (Lipinski definition) is 4. The number of carbonyl (C=O) groups excluding carboxylic acids is 2. The second kappa shape index (κ2) is 4.97. The van der Waals surface area contributed by atoms with E-state index in [0.717, 1.165) is 4.47 Å². The van der Waals surface area contributed by atoms with E-state index in [4.69, 9.17) is 4.74 Å². The van der Waals surface area contributed by atoms with Crippen molar-refractivity contribution < 1.29 is 14.3 Å². The Morgan fingerprint density at radius 3 is 2.50 bits per heavy atom. The molecule has 1 rings (SSSR count). The minimum atomic E-state index is -0.878. The van der Waals surface area contributed by atoms with Gasteiger partial charge in [-0.25, -0.2) is 4.79 Å². The van der Waals surface area contributed by atoms with E-state index in [2.05, 4.69) is 21.2 Å². The first-order chi connectivity index (χ1) is 7.28. The van der Waals surface area contributed by atoms with Crippen molar-refractivity contribution in [3.63, 3.8) is 0 Å². The number of carbonyl (C=O) groups is 2. The lowest BCUT2D eigenvalue weighted by Gasteiger charge is -2.18. The van der Waals surface area contributed by atoms with Crippen LogP contribution in [0.15, 0.2) is 15.9 Å². The standard InChI is InChI=1S/C10H12BrNO3S/c1-10(2,3)15-9(14)8(13)12-7-4-6(11)5-16-7/h4-5H,1-3H3,(H,12,13). The van der Waals surface area contributed by atoms with Crippen LogP contribution in [-0.2, 0) is 14.3 Å². The topological polar surface area (TPSA) is 55.4 Å². The largest absolute Gasteiger partial charge is 0.453 e. The highest BCUT2D eigenvalue weighted by Crippen LogP contribution is 2.24. The zero-order valence-electron chi connectivity index (χ0n) is 9.17. The maximum atomic E-state index is 11.4. The van der Waals surface area contributed by atoms with Crippen molar-refractivity contribution in [3.8, 4) is 0 Å². The Kier molecular flexibility index (Phi) is 4.09. The van der Waals surface area contributed by atoms with Crippen LogP contribution in [0.3, 0.4) is 0 Å².